The molecule has 0 aliphatic carbocycles. The van der Waals surface area contributed by atoms with Gasteiger partial charge in [0.1, 0.15) is 11.6 Å². The second-order valence-electron chi connectivity index (χ2n) is 5.39. The molecule has 0 unspecified atom stereocenters. The predicted octanol–water partition coefficient (Wildman–Crippen LogP) is 4.09. The molecule has 122 valence electrons. The largest absolute Gasteiger partial charge is 0.360 e. The number of nitrogens with zero attached hydrogens (tertiary/aromatic N) is 1. The van der Waals surface area contributed by atoms with Crippen LogP contribution < -0.4 is 10.6 Å². The Balaban J connectivity index is 2.01. The van der Waals surface area contributed by atoms with Crippen LogP contribution >= 0.6 is 11.6 Å². The van der Waals surface area contributed by atoms with E-state index in [1.54, 1.807) is 6.07 Å². The summed E-state index contributed by atoms with van der Waals surface area (Å²) < 4.78 is 0. The normalized spacial score (nSPS) is 10.8. The first kappa shape index (κ1) is 17.6. The van der Waals surface area contributed by atoms with E-state index in [0.29, 0.717) is 5.02 Å². The number of hydrogen-bond acceptors (Lipinski definition) is 3. The molecule has 24 heavy (non-hydrogen) atoms. The van der Waals surface area contributed by atoms with E-state index in [9.17, 15) is 10.1 Å². The van der Waals surface area contributed by atoms with Crippen LogP contribution in [0, 0.1) is 25.2 Å². The fraction of sp³-hybridized carbons (Fsp3) is 0.158. The number of amides is 1. The number of aryl methyl sites for hydroxylation is 2. The lowest BCUT2D eigenvalue weighted by Crippen LogP contribution is -2.24. The number of carbonyl (C=O) groups is 1. The molecule has 0 aromatic heterocycles. The Kier molecular flexibility index (Phi) is 6.00. The van der Waals surface area contributed by atoms with Crippen molar-refractivity contribution in [3.8, 4) is 6.07 Å². The first-order valence-corrected chi connectivity index (χ1v) is 7.84. The van der Waals surface area contributed by atoms with Gasteiger partial charge in [0.25, 0.3) is 5.91 Å². The molecule has 0 aliphatic heterocycles. The van der Waals surface area contributed by atoms with E-state index in [-0.39, 0.29) is 12.1 Å². The van der Waals surface area contributed by atoms with Crippen LogP contribution in [0.5, 0.6) is 0 Å². The number of hydrogen-bond donors (Lipinski definition) is 2. The molecule has 0 fully saturated rings. The van der Waals surface area contributed by atoms with Crippen molar-refractivity contribution in [3.63, 3.8) is 0 Å². The maximum atomic E-state index is 12.1. The summed E-state index contributed by atoms with van der Waals surface area (Å²) in [6.45, 7) is 4.30. The van der Waals surface area contributed by atoms with E-state index in [2.05, 4.69) is 10.6 Å². The molecule has 0 bridgehead atoms. The Morgan fingerprint density at radius 1 is 1.21 bits per heavy atom. The van der Waals surface area contributed by atoms with Crippen LogP contribution in [0.4, 0.5) is 5.69 Å². The quantitative estimate of drug-likeness (QED) is 0.637. The lowest BCUT2D eigenvalue weighted by molar-refractivity contribution is -0.117. The zero-order valence-electron chi connectivity index (χ0n) is 13.6. The number of carbonyl (C=O) groups excluding carboxylic acids is 1. The number of nitriles is 1. The van der Waals surface area contributed by atoms with Gasteiger partial charge in [0.2, 0.25) is 0 Å². The number of halogens is 1. The van der Waals surface area contributed by atoms with Crippen LogP contribution in [0.1, 0.15) is 16.7 Å². The minimum atomic E-state index is -0.450. The molecule has 5 heteroatoms. The molecule has 0 spiro atoms. The Morgan fingerprint density at radius 2 is 1.96 bits per heavy atom. The highest BCUT2D eigenvalue weighted by Gasteiger charge is 2.09. The fourth-order valence-corrected chi connectivity index (χ4v) is 2.25. The van der Waals surface area contributed by atoms with E-state index in [0.717, 1.165) is 16.8 Å². The van der Waals surface area contributed by atoms with Crippen LogP contribution in [0.2, 0.25) is 5.02 Å². The minimum absolute atomic E-state index is 0.000261. The van der Waals surface area contributed by atoms with Gasteiger partial charge in [0.15, 0.2) is 0 Å². The van der Waals surface area contributed by atoms with Crippen molar-refractivity contribution in [2.75, 3.05) is 5.32 Å². The molecule has 2 rings (SSSR count). The molecular weight excluding hydrogens is 322 g/mol. The Labute approximate surface area is 146 Å². The summed E-state index contributed by atoms with van der Waals surface area (Å²) in [6, 6.07) is 15.0. The molecule has 1 amide bonds. The molecule has 2 aromatic carbocycles. The number of anilines is 1. The van der Waals surface area contributed by atoms with E-state index >= 15 is 0 Å². The molecule has 0 aliphatic rings. The SMILES string of the molecule is Cc1ccc(N/C=C(/C#N)C(=O)NCc2ccccc2Cl)cc1C. The van der Waals surface area contributed by atoms with Gasteiger partial charge in [-0.3, -0.25) is 4.79 Å². The highest BCUT2D eigenvalue weighted by molar-refractivity contribution is 6.31. The molecule has 2 N–H and O–H groups in total. The van der Waals surface area contributed by atoms with Crippen molar-refractivity contribution in [2.24, 2.45) is 0 Å². The van der Waals surface area contributed by atoms with Gasteiger partial charge in [-0.25, -0.2) is 0 Å². The Morgan fingerprint density at radius 3 is 2.62 bits per heavy atom. The third-order valence-corrected chi connectivity index (χ3v) is 4.02. The van der Waals surface area contributed by atoms with Gasteiger partial charge in [-0.15, -0.1) is 0 Å². The number of benzene rings is 2. The van der Waals surface area contributed by atoms with E-state index in [4.69, 9.17) is 11.6 Å². The summed E-state index contributed by atoms with van der Waals surface area (Å²) in [5.74, 6) is -0.450. The smallest absolute Gasteiger partial charge is 0.263 e. The van der Waals surface area contributed by atoms with Crippen LogP contribution in [-0.4, -0.2) is 5.91 Å². The van der Waals surface area contributed by atoms with Crippen LogP contribution in [0.3, 0.4) is 0 Å². The second kappa shape index (κ2) is 8.19. The Hall–Kier alpha value is -2.77. The zero-order chi connectivity index (χ0) is 17.5. The first-order chi connectivity index (χ1) is 11.5. The topological polar surface area (TPSA) is 64.9 Å². The fourth-order valence-electron chi connectivity index (χ4n) is 2.05. The van der Waals surface area contributed by atoms with Gasteiger partial charge in [0, 0.05) is 23.5 Å². The van der Waals surface area contributed by atoms with Gasteiger partial charge in [-0.05, 0) is 48.7 Å². The third kappa shape index (κ3) is 4.61. The molecule has 0 heterocycles. The summed E-state index contributed by atoms with van der Waals surface area (Å²) in [5.41, 5.74) is 3.94. The van der Waals surface area contributed by atoms with E-state index < -0.39 is 5.91 Å². The van der Waals surface area contributed by atoms with Crippen LogP contribution in [0.15, 0.2) is 54.2 Å². The van der Waals surface area contributed by atoms with Crippen molar-refractivity contribution < 1.29 is 4.79 Å². The molecule has 4 nitrogen and oxygen atoms in total. The molecule has 0 saturated heterocycles. The summed E-state index contributed by atoms with van der Waals surface area (Å²) in [7, 11) is 0. The molecule has 0 atom stereocenters. The summed E-state index contributed by atoms with van der Waals surface area (Å²) in [4.78, 5) is 12.1. The van der Waals surface area contributed by atoms with Crippen LogP contribution in [-0.2, 0) is 11.3 Å². The highest BCUT2D eigenvalue weighted by atomic mass is 35.5. The van der Waals surface area contributed by atoms with E-state index in [1.165, 1.54) is 11.8 Å². The van der Waals surface area contributed by atoms with Gasteiger partial charge in [-0.1, -0.05) is 35.9 Å². The zero-order valence-corrected chi connectivity index (χ0v) is 14.3. The molecule has 0 saturated carbocycles. The lowest BCUT2D eigenvalue weighted by Gasteiger charge is -2.07. The van der Waals surface area contributed by atoms with Gasteiger partial charge < -0.3 is 10.6 Å². The standard InChI is InChI=1S/C19H18ClN3O/c1-13-7-8-17(9-14(13)2)22-12-16(10-21)19(24)23-11-15-5-3-4-6-18(15)20/h3-9,12,22H,11H2,1-2H3,(H,23,24)/b16-12-. The maximum absolute atomic E-state index is 12.1. The maximum Gasteiger partial charge on any atom is 0.263 e. The van der Waals surface area contributed by atoms with Crippen molar-refractivity contribution in [3.05, 3.63) is 76.0 Å². The van der Waals surface area contributed by atoms with Gasteiger partial charge in [-0.2, -0.15) is 5.26 Å². The lowest BCUT2D eigenvalue weighted by atomic mass is 10.1. The minimum Gasteiger partial charge on any atom is -0.360 e. The average molecular weight is 340 g/mol. The Bertz CT molecular complexity index is 822. The average Bonchev–Trinajstić information content (AvgIpc) is 2.57. The highest BCUT2D eigenvalue weighted by Crippen LogP contribution is 2.15. The van der Waals surface area contributed by atoms with Crippen molar-refractivity contribution in [1.29, 1.82) is 5.26 Å². The molecular formula is C19H18ClN3O. The number of nitrogens with one attached hydrogen (secondary N) is 2. The second-order valence-corrected chi connectivity index (χ2v) is 5.79. The van der Waals surface area contributed by atoms with Crippen LogP contribution in [0.25, 0.3) is 0 Å². The van der Waals surface area contributed by atoms with Crippen molar-refractivity contribution in [2.45, 2.75) is 20.4 Å². The number of rotatable bonds is 5. The summed E-state index contributed by atoms with van der Waals surface area (Å²) in [6.07, 6.45) is 1.41. The summed E-state index contributed by atoms with van der Waals surface area (Å²) in [5, 5.41) is 15.4. The van der Waals surface area contributed by atoms with E-state index in [1.807, 2.05) is 56.3 Å². The predicted molar refractivity (Wildman–Crippen MR) is 96.5 cm³/mol. The third-order valence-electron chi connectivity index (χ3n) is 3.65. The molecule has 0 radical (unpaired) electrons. The summed E-state index contributed by atoms with van der Waals surface area (Å²) >= 11 is 6.05. The first-order valence-electron chi connectivity index (χ1n) is 7.47. The van der Waals surface area contributed by atoms with Crippen molar-refractivity contribution in [1.82, 2.24) is 5.32 Å². The van der Waals surface area contributed by atoms with Gasteiger partial charge >= 0.3 is 0 Å². The molecule has 2 aromatic rings. The van der Waals surface area contributed by atoms with Gasteiger partial charge in [0.05, 0.1) is 0 Å². The monoisotopic (exact) mass is 339 g/mol. The van der Waals surface area contributed by atoms with Crippen molar-refractivity contribution >= 4 is 23.2 Å².